The number of furan rings is 1. The number of hydrogen-bond donors (Lipinski definition) is 0. The van der Waals surface area contributed by atoms with Crippen LogP contribution in [0, 0.1) is 0 Å². The molecule has 208 valence electrons. The summed E-state index contributed by atoms with van der Waals surface area (Å²) in [4.78, 5) is 0. The van der Waals surface area contributed by atoms with Gasteiger partial charge in [0.05, 0.1) is 16.7 Å². The molecule has 0 aliphatic rings. The molecule has 3 nitrogen and oxygen atoms in total. The van der Waals surface area contributed by atoms with Crippen LogP contribution in [0.25, 0.3) is 55.2 Å². The van der Waals surface area contributed by atoms with Gasteiger partial charge in [-0.15, -0.1) is 10.2 Å². The van der Waals surface area contributed by atoms with Crippen molar-refractivity contribution in [3.8, 4) is 22.7 Å². The van der Waals surface area contributed by atoms with Crippen molar-refractivity contribution in [2.24, 2.45) is 0 Å². The van der Waals surface area contributed by atoms with Gasteiger partial charge in [-0.3, -0.25) is 0 Å². The Morgan fingerprint density at radius 2 is 1.02 bits per heavy atom. The van der Waals surface area contributed by atoms with Crippen LogP contribution in [0.5, 0.6) is 0 Å². The molecule has 2 heterocycles. The highest BCUT2D eigenvalue weighted by molar-refractivity contribution is 6.09. The Morgan fingerprint density at radius 3 is 1.59 bits per heavy atom. The van der Waals surface area contributed by atoms with E-state index in [9.17, 15) is 39.5 Å². The third-order valence-electron chi connectivity index (χ3n) is 6.64. The minimum atomic E-state index is -5.83. The van der Waals surface area contributed by atoms with Gasteiger partial charge in [0.15, 0.2) is 5.76 Å². The minimum Gasteiger partial charge on any atom is -0.454 e. The van der Waals surface area contributed by atoms with E-state index >= 15 is 0 Å². The monoisotopic (exact) mass is 576 g/mol. The predicted octanol–water partition coefficient (Wildman–Crippen LogP) is 9.92. The predicted molar refractivity (Wildman–Crippen MR) is 133 cm³/mol. The standard InChI is InChI=1S/C29H13F9N2O/c30-27(31,32)19-9-10-20(28(33,34)35)24(29(36,37)38)23(19)26-18-12-15-6-2-1-5-14(15)11-17(18)25(39-40-26)22-13-16-7-3-4-8-21(16)41-22/h1-13H. The third kappa shape index (κ3) is 4.52. The van der Waals surface area contributed by atoms with Crippen LogP contribution < -0.4 is 0 Å². The summed E-state index contributed by atoms with van der Waals surface area (Å²) < 4.78 is 132. The van der Waals surface area contributed by atoms with E-state index in [1.807, 2.05) is 0 Å². The van der Waals surface area contributed by atoms with Crippen molar-refractivity contribution in [1.82, 2.24) is 10.2 Å². The highest BCUT2D eigenvalue weighted by Crippen LogP contribution is 2.51. The van der Waals surface area contributed by atoms with Crippen molar-refractivity contribution in [3.63, 3.8) is 0 Å². The number of aromatic nitrogens is 2. The van der Waals surface area contributed by atoms with Crippen molar-refractivity contribution in [1.29, 1.82) is 0 Å². The van der Waals surface area contributed by atoms with Crippen molar-refractivity contribution in [2.45, 2.75) is 18.5 Å². The highest BCUT2D eigenvalue weighted by Gasteiger charge is 2.49. The summed E-state index contributed by atoms with van der Waals surface area (Å²) in [7, 11) is 0. The molecule has 0 amide bonds. The van der Waals surface area contributed by atoms with Crippen LogP contribution in [0.3, 0.4) is 0 Å². The molecule has 0 aliphatic carbocycles. The first-order valence-electron chi connectivity index (χ1n) is 11.8. The molecular weight excluding hydrogens is 563 g/mol. The first-order chi connectivity index (χ1) is 19.2. The minimum absolute atomic E-state index is 0.0141. The van der Waals surface area contributed by atoms with E-state index in [4.69, 9.17) is 4.42 Å². The zero-order valence-electron chi connectivity index (χ0n) is 20.2. The molecule has 6 aromatic rings. The van der Waals surface area contributed by atoms with Gasteiger partial charge in [0.1, 0.15) is 17.0 Å². The van der Waals surface area contributed by atoms with Crippen LogP contribution >= 0.6 is 0 Å². The molecule has 6 rings (SSSR count). The summed E-state index contributed by atoms with van der Waals surface area (Å²) in [5.41, 5.74) is -9.05. The van der Waals surface area contributed by atoms with Gasteiger partial charge in [0, 0.05) is 21.7 Å². The quantitative estimate of drug-likeness (QED) is 0.152. The van der Waals surface area contributed by atoms with Crippen LogP contribution in [0.15, 0.2) is 83.3 Å². The molecular formula is C29H13F9N2O. The SMILES string of the molecule is FC(F)(F)c1ccc(C(F)(F)F)c(C(F)(F)F)c1-c1nnc(-c2cc3ccccc3o2)c2cc3ccccc3cc12. The summed E-state index contributed by atoms with van der Waals surface area (Å²) >= 11 is 0. The first-order valence-corrected chi connectivity index (χ1v) is 11.8. The Labute approximate surface area is 223 Å². The number of rotatable bonds is 2. The van der Waals surface area contributed by atoms with Gasteiger partial charge in [-0.1, -0.05) is 42.5 Å². The summed E-state index contributed by atoms with van der Waals surface area (Å²) in [5.74, 6) is 0.113. The van der Waals surface area contributed by atoms with Gasteiger partial charge in [0.2, 0.25) is 0 Å². The Morgan fingerprint density at radius 1 is 0.512 bits per heavy atom. The summed E-state index contributed by atoms with van der Waals surface area (Å²) in [5, 5.41) is 9.01. The Bertz CT molecular complexity index is 1940. The van der Waals surface area contributed by atoms with Gasteiger partial charge in [-0.05, 0) is 47.2 Å². The van der Waals surface area contributed by atoms with E-state index in [1.54, 1.807) is 54.6 Å². The number of fused-ring (bicyclic) bond motifs is 3. The second-order valence-electron chi connectivity index (χ2n) is 9.19. The van der Waals surface area contributed by atoms with Crippen LogP contribution in [0.2, 0.25) is 0 Å². The lowest BCUT2D eigenvalue weighted by Gasteiger charge is -2.23. The van der Waals surface area contributed by atoms with E-state index in [1.165, 1.54) is 12.1 Å². The summed E-state index contributed by atoms with van der Waals surface area (Å²) in [6.45, 7) is 0. The fourth-order valence-electron chi connectivity index (χ4n) is 4.92. The molecule has 0 fully saturated rings. The van der Waals surface area contributed by atoms with Crippen molar-refractivity contribution < 1.29 is 43.9 Å². The fourth-order valence-corrected chi connectivity index (χ4v) is 4.92. The van der Waals surface area contributed by atoms with E-state index in [2.05, 4.69) is 10.2 Å². The Hall–Kier alpha value is -4.61. The van der Waals surface area contributed by atoms with E-state index in [0.29, 0.717) is 21.7 Å². The molecule has 0 atom stereocenters. The summed E-state index contributed by atoms with van der Waals surface area (Å²) in [6.07, 6.45) is -16.9. The molecule has 0 bridgehead atoms. The number of alkyl halides is 9. The maximum absolute atomic E-state index is 14.3. The van der Waals surface area contributed by atoms with Gasteiger partial charge >= 0.3 is 18.5 Å². The van der Waals surface area contributed by atoms with Crippen molar-refractivity contribution in [3.05, 3.63) is 95.6 Å². The van der Waals surface area contributed by atoms with Crippen LogP contribution in [0.1, 0.15) is 16.7 Å². The number of halogens is 9. The summed E-state index contributed by atoms with van der Waals surface area (Å²) in [6, 6.07) is 17.3. The number of benzene rings is 4. The van der Waals surface area contributed by atoms with Gasteiger partial charge < -0.3 is 4.42 Å². The second kappa shape index (κ2) is 8.95. The van der Waals surface area contributed by atoms with Crippen LogP contribution in [0.4, 0.5) is 39.5 Å². The van der Waals surface area contributed by atoms with E-state index in [0.717, 1.165) is 0 Å². The third-order valence-corrected chi connectivity index (χ3v) is 6.64. The maximum Gasteiger partial charge on any atom is 0.417 e. The smallest absolute Gasteiger partial charge is 0.417 e. The average Bonchev–Trinajstić information content (AvgIpc) is 3.33. The zero-order valence-corrected chi connectivity index (χ0v) is 20.2. The largest absolute Gasteiger partial charge is 0.454 e. The lowest BCUT2D eigenvalue weighted by molar-refractivity contribution is -0.163. The number of nitrogens with zero attached hydrogens (tertiary/aromatic N) is 2. The van der Waals surface area contributed by atoms with Gasteiger partial charge in [0.25, 0.3) is 0 Å². The molecule has 0 saturated carbocycles. The lowest BCUT2D eigenvalue weighted by Crippen LogP contribution is -2.21. The molecule has 41 heavy (non-hydrogen) atoms. The topological polar surface area (TPSA) is 38.9 Å². The molecule has 2 aromatic heterocycles. The lowest BCUT2D eigenvalue weighted by atomic mass is 9.89. The van der Waals surface area contributed by atoms with Gasteiger partial charge in [-0.2, -0.15) is 39.5 Å². The number of para-hydroxylation sites is 1. The molecule has 0 spiro atoms. The first kappa shape index (κ1) is 26.6. The second-order valence-corrected chi connectivity index (χ2v) is 9.19. The average molecular weight is 576 g/mol. The molecule has 0 N–H and O–H groups in total. The fraction of sp³-hybridized carbons (Fsp3) is 0.103. The molecule has 12 heteroatoms. The van der Waals surface area contributed by atoms with Crippen LogP contribution in [-0.2, 0) is 18.5 Å². The molecule has 4 aromatic carbocycles. The van der Waals surface area contributed by atoms with E-state index < -0.39 is 46.5 Å². The normalized spacial score (nSPS) is 13.0. The van der Waals surface area contributed by atoms with Crippen LogP contribution in [-0.4, -0.2) is 10.2 Å². The van der Waals surface area contributed by atoms with Gasteiger partial charge in [-0.25, -0.2) is 0 Å². The molecule has 0 saturated heterocycles. The molecule has 0 aliphatic heterocycles. The highest BCUT2D eigenvalue weighted by atomic mass is 19.4. The Kier molecular flexibility index (Phi) is 5.81. The maximum atomic E-state index is 14.3. The van der Waals surface area contributed by atoms with Crippen molar-refractivity contribution in [2.75, 3.05) is 0 Å². The molecule has 0 radical (unpaired) electrons. The zero-order chi connectivity index (χ0) is 29.3. The van der Waals surface area contributed by atoms with Crippen molar-refractivity contribution >= 4 is 32.5 Å². The number of hydrogen-bond acceptors (Lipinski definition) is 3. The Balaban J connectivity index is 1.79. The molecule has 0 unspecified atom stereocenters. The van der Waals surface area contributed by atoms with E-state index in [-0.39, 0.29) is 34.4 Å².